The molecule has 1 heterocycles. The Labute approximate surface area is 152 Å². The van der Waals surface area contributed by atoms with Gasteiger partial charge in [0.25, 0.3) is 0 Å². The van der Waals surface area contributed by atoms with E-state index in [2.05, 4.69) is 10.4 Å². The normalized spacial score (nSPS) is 12.4. The molecule has 25 heavy (non-hydrogen) atoms. The number of aryl methyl sites for hydroxylation is 2. The van der Waals surface area contributed by atoms with Gasteiger partial charge in [0.15, 0.2) is 0 Å². The van der Waals surface area contributed by atoms with Crippen molar-refractivity contribution in [1.29, 1.82) is 0 Å². The Morgan fingerprint density at radius 3 is 2.48 bits per heavy atom. The zero-order valence-corrected chi connectivity index (χ0v) is 15.8. The Bertz CT molecular complexity index is 727. The lowest BCUT2D eigenvalue weighted by molar-refractivity contribution is -0.125. The summed E-state index contributed by atoms with van der Waals surface area (Å²) in [5.74, 6) is -0.423. The van der Waals surface area contributed by atoms with E-state index in [1.807, 2.05) is 37.5 Å². The molecule has 0 aliphatic carbocycles. The summed E-state index contributed by atoms with van der Waals surface area (Å²) in [5, 5.41) is 8.00. The number of carbonyl (C=O) groups excluding carboxylic acids is 1. The number of amides is 1. The van der Waals surface area contributed by atoms with Crippen LogP contribution in [-0.2, 0) is 11.3 Å². The van der Waals surface area contributed by atoms with Gasteiger partial charge in [0.1, 0.15) is 11.9 Å². The van der Waals surface area contributed by atoms with Crippen LogP contribution in [0, 0.1) is 19.7 Å². The summed E-state index contributed by atoms with van der Waals surface area (Å²) in [4.78, 5) is 14.3. The molecule has 1 aromatic carbocycles. The van der Waals surface area contributed by atoms with E-state index in [4.69, 9.17) is 11.6 Å². The second-order valence-corrected chi connectivity index (χ2v) is 6.65. The molecule has 1 N–H and O–H groups in total. The van der Waals surface area contributed by atoms with Crippen molar-refractivity contribution in [3.8, 4) is 0 Å². The molecule has 0 spiro atoms. The first kappa shape index (κ1) is 19.4. The molecule has 0 saturated carbocycles. The van der Waals surface area contributed by atoms with Gasteiger partial charge in [0.05, 0.1) is 16.4 Å². The molecule has 2 rings (SSSR count). The van der Waals surface area contributed by atoms with Gasteiger partial charge >= 0.3 is 0 Å². The van der Waals surface area contributed by atoms with Crippen molar-refractivity contribution in [3.63, 3.8) is 0 Å². The molecule has 0 unspecified atom stereocenters. The molecule has 136 valence electrons. The lowest BCUT2D eigenvalue weighted by Crippen LogP contribution is -2.37. The predicted molar refractivity (Wildman–Crippen MR) is 97.2 cm³/mol. The average Bonchev–Trinajstić information content (AvgIpc) is 2.80. The molecule has 0 fully saturated rings. The van der Waals surface area contributed by atoms with Gasteiger partial charge in [0.2, 0.25) is 5.91 Å². The number of likely N-dealkylation sites (N-methyl/N-ethyl adjacent to an activating group) is 1. The minimum absolute atomic E-state index is 0.108. The Morgan fingerprint density at radius 2 is 1.96 bits per heavy atom. The second-order valence-electron chi connectivity index (χ2n) is 6.27. The molecule has 7 heteroatoms. The third-order valence-corrected chi connectivity index (χ3v) is 4.64. The highest BCUT2D eigenvalue weighted by Crippen LogP contribution is 2.20. The van der Waals surface area contributed by atoms with Crippen LogP contribution in [0.1, 0.15) is 29.4 Å². The summed E-state index contributed by atoms with van der Waals surface area (Å²) < 4.78 is 14.9. The summed E-state index contributed by atoms with van der Waals surface area (Å²) >= 11 is 6.13. The van der Waals surface area contributed by atoms with Gasteiger partial charge in [0, 0.05) is 13.1 Å². The van der Waals surface area contributed by atoms with Crippen molar-refractivity contribution in [2.45, 2.75) is 32.9 Å². The fraction of sp³-hybridized carbons (Fsp3) is 0.444. The minimum atomic E-state index is -0.455. The zero-order valence-electron chi connectivity index (χ0n) is 15.0. The number of nitrogens with zero attached hydrogens (tertiary/aromatic N) is 3. The molecule has 1 atom stereocenters. The fourth-order valence-corrected chi connectivity index (χ4v) is 2.89. The largest absolute Gasteiger partial charge is 0.354 e. The van der Waals surface area contributed by atoms with Crippen LogP contribution < -0.4 is 5.32 Å². The smallest absolute Gasteiger partial charge is 0.241 e. The second kappa shape index (κ2) is 8.45. The highest BCUT2D eigenvalue weighted by Gasteiger charge is 2.22. The average molecular weight is 367 g/mol. The molecule has 1 amide bonds. The number of halogens is 2. The van der Waals surface area contributed by atoms with Crippen LogP contribution in [-0.4, -0.2) is 41.2 Å². The van der Waals surface area contributed by atoms with E-state index in [0.717, 1.165) is 23.4 Å². The molecule has 5 nitrogen and oxygen atoms in total. The number of hydrogen-bond acceptors (Lipinski definition) is 3. The van der Waals surface area contributed by atoms with Crippen molar-refractivity contribution >= 4 is 17.5 Å². The quantitative estimate of drug-likeness (QED) is 0.766. The van der Waals surface area contributed by atoms with Gasteiger partial charge in [-0.25, -0.2) is 4.39 Å². The Balaban J connectivity index is 1.91. The summed E-state index contributed by atoms with van der Waals surface area (Å²) in [6, 6.07) is 5.55. The zero-order chi connectivity index (χ0) is 18.6. The van der Waals surface area contributed by atoms with E-state index in [9.17, 15) is 9.18 Å². The summed E-state index contributed by atoms with van der Waals surface area (Å²) in [6.07, 6.45) is 0.744. The van der Waals surface area contributed by atoms with Crippen molar-refractivity contribution < 1.29 is 9.18 Å². The van der Waals surface area contributed by atoms with Crippen LogP contribution in [0.25, 0.3) is 0 Å². The molecular formula is C18H24ClFN4O. The number of carbonyl (C=O) groups is 1. The number of hydrogen-bond donors (Lipinski definition) is 1. The molecule has 0 aliphatic rings. The fourth-order valence-electron chi connectivity index (χ4n) is 2.76. The van der Waals surface area contributed by atoms with Crippen molar-refractivity contribution in [2.24, 2.45) is 0 Å². The summed E-state index contributed by atoms with van der Waals surface area (Å²) in [5.41, 5.74) is 2.50. The van der Waals surface area contributed by atoms with E-state index >= 15 is 0 Å². The highest BCUT2D eigenvalue weighted by atomic mass is 35.5. The maximum absolute atomic E-state index is 13.1. The van der Waals surface area contributed by atoms with Gasteiger partial charge in [-0.2, -0.15) is 5.10 Å². The molecule has 0 radical (unpaired) electrons. The van der Waals surface area contributed by atoms with Crippen LogP contribution in [0.15, 0.2) is 24.3 Å². The van der Waals surface area contributed by atoms with E-state index in [1.54, 1.807) is 12.1 Å². The van der Waals surface area contributed by atoms with Gasteiger partial charge in [-0.1, -0.05) is 23.7 Å². The van der Waals surface area contributed by atoms with Crippen molar-refractivity contribution in [1.82, 2.24) is 20.0 Å². The standard InChI is InChI=1S/C18H24ClFN4O/c1-12-16(19)13(2)24(22-12)11-5-10-21-18(25)17(23(3)4)14-6-8-15(20)9-7-14/h6-9,17H,5,10-11H2,1-4H3,(H,21,25)/t17-/m1/s1. The first-order valence-electron chi connectivity index (χ1n) is 8.20. The van der Waals surface area contributed by atoms with Crippen molar-refractivity contribution in [2.75, 3.05) is 20.6 Å². The monoisotopic (exact) mass is 366 g/mol. The molecule has 1 aromatic heterocycles. The van der Waals surface area contributed by atoms with Crippen LogP contribution in [0.5, 0.6) is 0 Å². The van der Waals surface area contributed by atoms with Crippen LogP contribution in [0.4, 0.5) is 4.39 Å². The number of nitrogens with one attached hydrogen (secondary N) is 1. The first-order valence-corrected chi connectivity index (χ1v) is 8.58. The maximum atomic E-state index is 13.1. The summed E-state index contributed by atoms with van der Waals surface area (Å²) in [6.45, 7) is 5.01. The molecule has 2 aromatic rings. The first-order chi connectivity index (χ1) is 11.8. The van der Waals surface area contributed by atoms with E-state index < -0.39 is 6.04 Å². The molecule has 0 saturated heterocycles. The van der Waals surface area contributed by atoms with Crippen LogP contribution in [0.2, 0.25) is 5.02 Å². The van der Waals surface area contributed by atoms with Crippen LogP contribution in [0.3, 0.4) is 0 Å². The number of rotatable bonds is 7. The molecule has 0 bridgehead atoms. The van der Waals surface area contributed by atoms with Gasteiger partial charge in [-0.15, -0.1) is 0 Å². The maximum Gasteiger partial charge on any atom is 0.241 e. The topological polar surface area (TPSA) is 50.2 Å². The van der Waals surface area contributed by atoms with E-state index in [1.165, 1.54) is 12.1 Å². The summed E-state index contributed by atoms with van der Waals surface area (Å²) in [7, 11) is 3.65. The van der Waals surface area contributed by atoms with E-state index in [0.29, 0.717) is 18.1 Å². The van der Waals surface area contributed by atoms with Gasteiger partial charge < -0.3 is 5.32 Å². The Hall–Kier alpha value is -1.92. The molecule has 0 aliphatic heterocycles. The third-order valence-electron chi connectivity index (χ3n) is 4.09. The SMILES string of the molecule is Cc1nn(CCCNC(=O)[C@@H](c2ccc(F)cc2)N(C)C)c(C)c1Cl. The minimum Gasteiger partial charge on any atom is -0.354 e. The van der Waals surface area contributed by atoms with Gasteiger partial charge in [-0.3, -0.25) is 14.4 Å². The van der Waals surface area contributed by atoms with Crippen molar-refractivity contribution in [3.05, 3.63) is 52.1 Å². The van der Waals surface area contributed by atoms with E-state index in [-0.39, 0.29) is 11.7 Å². The lowest BCUT2D eigenvalue weighted by atomic mass is 10.1. The highest BCUT2D eigenvalue weighted by molar-refractivity contribution is 6.31. The van der Waals surface area contributed by atoms with Gasteiger partial charge in [-0.05, 0) is 52.1 Å². The lowest BCUT2D eigenvalue weighted by Gasteiger charge is -2.24. The predicted octanol–water partition coefficient (Wildman–Crippen LogP) is 3.10. The number of benzene rings is 1. The van der Waals surface area contributed by atoms with Crippen LogP contribution >= 0.6 is 11.6 Å². The molecular weight excluding hydrogens is 343 g/mol. The Kier molecular flexibility index (Phi) is 6.56. The Morgan fingerprint density at radius 1 is 1.32 bits per heavy atom. The number of aromatic nitrogens is 2. The third kappa shape index (κ3) is 4.80.